The van der Waals surface area contributed by atoms with Crippen LogP contribution >= 0.6 is 8.81 Å². The molecule has 1 unspecified atom stereocenters. The lowest BCUT2D eigenvalue weighted by atomic mass is 12.0. The molecule has 0 saturated heterocycles. The molecule has 0 aliphatic rings. The van der Waals surface area contributed by atoms with E-state index in [4.69, 9.17) is 1.43 Å². The monoisotopic (exact) mass is 81.0 g/mol. The van der Waals surface area contributed by atoms with E-state index in [1.165, 1.54) is 0 Å². The summed E-state index contributed by atoms with van der Waals surface area (Å²) in [5, 5.41) is 3.45. The van der Waals surface area contributed by atoms with Crippen molar-refractivity contribution >= 4 is 8.81 Å². The lowest BCUT2D eigenvalue weighted by Crippen LogP contribution is -1.51. The maximum absolute atomic E-state index is 5.89. The molecular formula is CH5O2P. The fourth-order valence-corrected chi connectivity index (χ4v) is 0. The van der Waals surface area contributed by atoms with Crippen LogP contribution in [0.15, 0.2) is 0 Å². The zero-order valence-corrected chi connectivity index (χ0v) is 3.32. The van der Waals surface area contributed by atoms with Crippen molar-refractivity contribution in [1.29, 1.82) is 1.43 Å². The molecule has 0 spiro atoms. The Bertz CT molecular complexity index is 17.1. The van der Waals surface area contributed by atoms with Gasteiger partial charge in [-0.1, -0.05) is 0 Å². The van der Waals surface area contributed by atoms with Gasteiger partial charge in [-0.3, -0.25) is 0 Å². The molecule has 0 bridgehead atoms. The Morgan fingerprint density at radius 3 is 3.25 bits per heavy atom. The molecule has 0 aliphatic carbocycles. The second-order valence-electron chi connectivity index (χ2n) is 0.287. The molecule has 0 aromatic carbocycles. The quantitative estimate of drug-likeness (QED) is 0.301. The summed E-state index contributed by atoms with van der Waals surface area (Å²) < 4.78 is 9.92. The molecule has 0 aliphatic heterocycles. The van der Waals surface area contributed by atoms with E-state index in [0.717, 1.165) is 0 Å². The summed E-state index contributed by atoms with van der Waals surface area (Å²) in [7, 11) is 0.248. The summed E-state index contributed by atoms with van der Waals surface area (Å²) in [6, 6.07) is 0. The average Bonchev–Trinajstić information content (AvgIpc) is 1.41. The van der Waals surface area contributed by atoms with Gasteiger partial charge in [-0.15, -0.1) is 0 Å². The van der Waals surface area contributed by atoms with Crippen LogP contribution in [0.5, 0.6) is 0 Å². The smallest absolute Gasteiger partial charge is 0.249 e. The van der Waals surface area contributed by atoms with Crippen molar-refractivity contribution in [2.75, 3.05) is 6.66 Å². The first kappa shape index (κ1) is 2.58. The van der Waals surface area contributed by atoms with Crippen LogP contribution in [0.4, 0.5) is 0 Å². The molecule has 2 nitrogen and oxygen atoms in total. The second-order valence-corrected chi connectivity index (χ2v) is 0.862. The summed E-state index contributed by atoms with van der Waals surface area (Å²) in [4.78, 5) is 0. The third-order valence-corrected chi connectivity index (χ3v) is 0.250. The van der Waals surface area contributed by atoms with Crippen molar-refractivity contribution in [2.45, 2.75) is 0 Å². The van der Waals surface area contributed by atoms with Gasteiger partial charge < -0.3 is 0 Å². The molecule has 3 heteroatoms. The van der Waals surface area contributed by atoms with Gasteiger partial charge in [0, 0.05) is 0 Å². The van der Waals surface area contributed by atoms with E-state index >= 15 is 0 Å². The SMILES string of the molecule is [2H]OOPC. The molecule has 0 amide bonds. The van der Waals surface area contributed by atoms with E-state index < -0.39 is 0 Å². The molecular weight excluding hydrogens is 75.0 g/mol. The van der Waals surface area contributed by atoms with Gasteiger partial charge in [-0.2, -0.15) is 0 Å². The number of rotatable bonds is 2. The van der Waals surface area contributed by atoms with Gasteiger partial charge >= 0.3 is 0 Å². The van der Waals surface area contributed by atoms with Gasteiger partial charge in [-0.05, 0) is 6.66 Å². The van der Waals surface area contributed by atoms with Crippen LogP contribution in [0.25, 0.3) is 1.43 Å². The minimum atomic E-state index is 0.248. The molecule has 0 rings (SSSR count). The minimum Gasteiger partial charge on any atom is -0.249 e. The fraction of sp³-hybridized carbons (Fsp3) is 1.00. The first-order valence-corrected chi connectivity index (χ1v) is 2.28. The topological polar surface area (TPSA) is 29.5 Å². The molecule has 0 aromatic heterocycles. The lowest BCUT2D eigenvalue weighted by Gasteiger charge is -1.73. The summed E-state index contributed by atoms with van der Waals surface area (Å²) in [5.41, 5.74) is 0. The molecule has 0 radical (unpaired) electrons. The highest BCUT2D eigenvalue weighted by atomic mass is 31.1. The first-order chi connectivity index (χ1) is 2.41. The Morgan fingerprint density at radius 2 is 3.25 bits per heavy atom. The third-order valence-electron chi connectivity index (χ3n) is 0.0833. The maximum Gasteiger partial charge on any atom is 0.255 e. The predicted octanol–water partition coefficient (Wildman–Crippen LogP) is 0.699. The summed E-state index contributed by atoms with van der Waals surface area (Å²) >= 11 is 0. The van der Waals surface area contributed by atoms with Crippen LogP contribution in [-0.4, -0.2) is 11.9 Å². The van der Waals surface area contributed by atoms with Crippen LogP contribution in [0.2, 0.25) is 0 Å². The van der Waals surface area contributed by atoms with Crippen LogP contribution in [-0.2, 0) is 4.67 Å². The van der Waals surface area contributed by atoms with Crippen molar-refractivity contribution in [1.82, 2.24) is 0 Å². The largest absolute Gasteiger partial charge is 0.255 e. The Kier molecular flexibility index (Phi) is 2.16. The van der Waals surface area contributed by atoms with Crippen molar-refractivity contribution < 1.29 is 9.93 Å². The van der Waals surface area contributed by atoms with E-state index in [1.54, 1.807) is 6.66 Å². The van der Waals surface area contributed by atoms with Gasteiger partial charge in [0.15, 0.2) is 0 Å². The standard InChI is InChI=1S/CH5O2P/c1-4-3-2/h2,4H,1H3/i/hD. The van der Waals surface area contributed by atoms with Crippen molar-refractivity contribution in [3.63, 3.8) is 0 Å². The third kappa shape index (κ3) is 2.35. The van der Waals surface area contributed by atoms with Crippen LogP contribution < -0.4 is 0 Å². The van der Waals surface area contributed by atoms with E-state index in [-0.39, 0.29) is 8.81 Å². The van der Waals surface area contributed by atoms with Crippen LogP contribution in [0, 0.1) is 0 Å². The Labute approximate surface area is 28.1 Å². The molecule has 0 fully saturated rings. The van der Waals surface area contributed by atoms with Crippen LogP contribution in [0.1, 0.15) is 0 Å². The maximum atomic E-state index is 5.89. The predicted molar refractivity (Wildman–Crippen MR) is 18.0 cm³/mol. The van der Waals surface area contributed by atoms with E-state index in [1.807, 2.05) is 0 Å². The number of hydrogen-bond acceptors (Lipinski definition) is 2. The highest BCUT2D eigenvalue weighted by molar-refractivity contribution is 7.30. The van der Waals surface area contributed by atoms with Gasteiger partial charge in [0.1, 0.15) is 0 Å². The summed E-state index contributed by atoms with van der Waals surface area (Å²) in [6.07, 6.45) is 0. The molecule has 26 valence electrons. The minimum absolute atomic E-state index is 0.248. The van der Waals surface area contributed by atoms with Gasteiger partial charge in [0.05, 0.1) is 8.81 Å². The van der Waals surface area contributed by atoms with E-state index in [2.05, 4.69) is 9.93 Å². The zero-order chi connectivity index (χ0) is 4.12. The van der Waals surface area contributed by atoms with Crippen molar-refractivity contribution in [2.24, 2.45) is 0 Å². The Balaban J connectivity index is 2.19. The van der Waals surface area contributed by atoms with Crippen molar-refractivity contribution in [3.8, 4) is 0 Å². The Morgan fingerprint density at radius 1 is 2.50 bits per heavy atom. The summed E-state index contributed by atoms with van der Waals surface area (Å²) in [5.74, 6) is 0. The first-order valence-electron chi connectivity index (χ1n) is 1.28. The number of hydrogen-bond donors (Lipinski definition) is 1. The van der Waals surface area contributed by atoms with Gasteiger partial charge in [-0.25, -0.2) is 9.93 Å². The zero-order valence-electron chi connectivity index (χ0n) is 3.32. The average molecular weight is 81.0 g/mol. The summed E-state index contributed by atoms with van der Waals surface area (Å²) in [6.45, 7) is 1.77. The normalized spacial score (nSPS) is 13.8. The highest BCUT2D eigenvalue weighted by Gasteiger charge is 1.54. The fourth-order valence-electron chi connectivity index (χ4n) is 0. The van der Waals surface area contributed by atoms with Gasteiger partial charge in [0.25, 0.3) is 1.43 Å². The second kappa shape index (κ2) is 3.35. The Hall–Kier alpha value is 0.350. The molecule has 1 atom stereocenters. The molecule has 0 saturated carbocycles. The molecule has 4 heavy (non-hydrogen) atoms. The lowest BCUT2D eigenvalue weighted by molar-refractivity contribution is -0.122. The van der Waals surface area contributed by atoms with E-state index in [0.29, 0.717) is 0 Å². The highest BCUT2D eigenvalue weighted by Crippen LogP contribution is 1.96. The van der Waals surface area contributed by atoms with Gasteiger partial charge in [0.2, 0.25) is 0 Å². The molecule has 0 heterocycles. The molecule has 0 aromatic rings. The van der Waals surface area contributed by atoms with Crippen molar-refractivity contribution in [3.05, 3.63) is 0 Å². The van der Waals surface area contributed by atoms with E-state index in [9.17, 15) is 0 Å². The molecule has 1 N–H and O–H groups in total. The van der Waals surface area contributed by atoms with Crippen LogP contribution in [0.3, 0.4) is 0 Å².